The standard InChI is InChI=1S/C41H48ClN3O11S/c1-25-28(8-5-9-31(25)32-10-6-11-36(26(32)2)54-13-7-12-45-20-33(39(48)49)35(47)21-45)23-56-38-16-37(55-22-27-14-30(19-43-17-27)57(4,52)53)29(15-34(38)42)18-44-41(3,24-46)40(50)51/h5-6,8-11,14-17,19,33,35,44,46-47H,7,12-13,18,20-24H2,1-4H3,(H,48,49)(H,50,51)/t33?,35?,41-/m0/s1. The van der Waals surface area contributed by atoms with Crippen molar-refractivity contribution in [3.8, 4) is 28.4 Å². The zero-order valence-electron chi connectivity index (χ0n) is 32.2. The van der Waals surface area contributed by atoms with Crippen LogP contribution in [-0.4, -0.2) is 101 Å². The fourth-order valence-corrected chi connectivity index (χ4v) is 7.33. The van der Waals surface area contributed by atoms with Gasteiger partial charge in [-0.25, -0.2) is 8.42 Å². The molecule has 2 unspecified atom stereocenters. The Kier molecular flexibility index (Phi) is 14.2. The summed E-state index contributed by atoms with van der Waals surface area (Å²) in [6.07, 6.45) is 3.61. The smallest absolute Gasteiger partial charge is 0.326 e. The molecule has 0 bridgehead atoms. The first kappa shape index (κ1) is 43.4. The van der Waals surface area contributed by atoms with Crippen LogP contribution < -0.4 is 19.5 Å². The SMILES string of the molecule is Cc1c(COc2cc(OCc3cncc(S(C)(=O)=O)c3)c(CN[C@@](C)(CO)C(=O)O)cc2Cl)cccc1-c1cccc(OCCCN2CC(O)C(C(=O)O)C2)c1C. The van der Waals surface area contributed by atoms with Crippen LogP contribution in [0.25, 0.3) is 11.1 Å². The number of benzene rings is 3. The van der Waals surface area contributed by atoms with Gasteiger partial charge >= 0.3 is 11.9 Å². The molecule has 1 saturated heterocycles. The second-order valence-electron chi connectivity index (χ2n) is 14.4. The molecule has 2 heterocycles. The molecule has 5 rings (SSSR count). The molecule has 1 aromatic heterocycles. The van der Waals surface area contributed by atoms with Gasteiger partial charge in [0.15, 0.2) is 9.84 Å². The molecular formula is C41H48ClN3O11S. The zero-order valence-corrected chi connectivity index (χ0v) is 33.8. The number of carbonyl (C=O) groups is 2. The molecule has 5 N–H and O–H groups in total. The van der Waals surface area contributed by atoms with E-state index in [1.165, 1.54) is 25.4 Å². The van der Waals surface area contributed by atoms with Gasteiger partial charge in [0, 0.05) is 62.0 Å². The molecule has 1 aliphatic heterocycles. The molecule has 0 spiro atoms. The van der Waals surface area contributed by atoms with Crippen LogP contribution in [0.15, 0.2) is 71.9 Å². The van der Waals surface area contributed by atoms with Gasteiger partial charge in [-0.05, 0) is 73.2 Å². The summed E-state index contributed by atoms with van der Waals surface area (Å²) in [6.45, 7) is 6.38. The lowest BCUT2D eigenvalue weighted by molar-refractivity contribution is -0.146. The lowest BCUT2D eigenvalue weighted by Gasteiger charge is -2.25. The van der Waals surface area contributed by atoms with E-state index >= 15 is 0 Å². The largest absolute Gasteiger partial charge is 0.493 e. The molecule has 306 valence electrons. The number of aliphatic carboxylic acids is 2. The topological polar surface area (TPSA) is 205 Å². The molecule has 1 fully saturated rings. The lowest BCUT2D eigenvalue weighted by atomic mass is 9.93. The van der Waals surface area contributed by atoms with Crippen molar-refractivity contribution in [1.29, 1.82) is 0 Å². The number of aliphatic hydroxyl groups excluding tert-OH is 2. The van der Waals surface area contributed by atoms with Crippen molar-refractivity contribution < 1.29 is 52.6 Å². The third-order valence-corrected chi connectivity index (χ3v) is 11.5. The Bertz CT molecular complexity index is 2200. The molecule has 0 amide bonds. The molecule has 57 heavy (non-hydrogen) atoms. The van der Waals surface area contributed by atoms with Crippen LogP contribution in [0.2, 0.25) is 5.02 Å². The third kappa shape index (κ3) is 10.8. The van der Waals surface area contributed by atoms with Crippen molar-refractivity contribution >= 4 is 33.4 Å². The first-order valence-electron chi connectivity index (χ1n) is 18.3. The van der Waals surface area contributed by atoms with E-state index in [2.05, 4.69) is 10.3 Å². The summed E-state index contributed by atoms with van der Waals surface area (Å²) in [5, 5.41) is 41.8. The Hall–Kier alpha value is -4.77. The van der Waals surface area contributed by atoms with E-state index in [9.17, 15) is 38.4 Å². The normalized spacial score (nSPS) is 16.9. The number of likely N-dealkylation sites (tertiary alicyclic amines) is 1. The number of hydrogen-bond donors (Lipinski definition) is 5. The average Bonchev–Trinajstić information content (AvgIpc) is 3.55. The molecule has 1 aliphatic rings. The number of rotatable bonds is 19. The second-order valence-corrected chi connectivity index (χ2v) is 16.8. The van der Waals surface area contributed by atoms with Gasteiger partial charge in [0.25, 0.3) is 0 Å². The Labute approximate surface area is 336 Å². The highest BCUT2D eigenvalue weighted by molar-refractivity contribution is 7.90. The van der Waals surface area contributed by atoms with Gasteiger partial charge in [-0.15, -0.1) is 0 Å². The van der Waals surface area contributed by atoms with Gasteiger partial charge in [-0.1, -0.05) is 41.9 Å². The van der Waals surface area contributed by atoms with Gasteiger partial charge < -0.3 is 34.6 Å². The highest BCUT2D eigenvalue weighted by Gasteiger charge is 2.36. The van der Waals surface area contributed by atoms with Gasteiger partial charge in [0.05, 0.1) is 35.2 Å². The summed E-state index contributed by atoms with van der Waals surface area (Å²) in [5.41, 5.74) is 4.08. The quantitative estimate of drug-likeness (QED) is 0.0817. The number of ether oxygens (including phenoxy) is 3. The Morgan fingerprint density at radius 3 is 2.30 bits per heavy atom. The minimum Gasteiger partial charge on any atom is -0.493 e. The average molecular weight is 826 g/mol. The molecule has 3 aromatic carbocycles. The van der Waals surface area contributed by atoms with Gasteiger partial charge in [-0.3, -0.25) is 24.8 Å². The van der Waals surface area contributed by atoms with Crippen molar-refractivity contribution in [2.45, 2.75) is 63.5 Å². The van der Waals surface area contributed by atoms with Crippen LogP contribution in [0.4, 0.5) is 0 Å². The first-order valence-corrected chi connectivity index (χ1v) is 20.5. The summed E-state index contributed by atoms with van der Waals surface area (Å²) in [4.78, 5) is 29.2. The van der Waals surface area contributed by atoms with Crippen LogP contribution in [-0.2, 0) is 39.2 Å². The number of hydrogen-bond acceptors (Lipinski definition) is 12. The number of aromatic nitrogens is 1. The Morgan fingerprint density at radius 1 is 0.930 bits per heavy atom. The Balaban J connectivity index is 1.31. The number of sulfone groups is 1. The summed E-state index contributed by atoms with van der Waals surface area (Å²) in [6, 6.07) is 16.4. The second kappa shape index (κ2) is 18.7. The number of carboxylic acid groups (broad SMARTS) is 2. The number of halogens is 1. The van der Waals surface area contributed by atoms with E-state index in [4.69, 9.17) is 25.8 Å². The summed E-state index contributed by atoms with van der Waals surface area (Å²) in [5.74, 6) is -1.69. The molecule has 0 aliphatic carbocycles. The van der Waals surface area contributed by atoms with Crippen LogP contribution in [0.3, 0.4) is 0 Å². The van der Waals surface area contributed by atoms with E-state index in [1.54, 1.807) is 12.1 Å². The maximum Gasteiger partial charge on any atom is 0.326 e. The number of aliphatic hydroxyl groups is 2. The van der Waals surface area contributed by atoms with Crippen LogP contribution in [0.5, 0.6) is 17.2 Å². The van der Waals surface area contributed by atoms with Crippen molar-refractivity contribution in [3.05, 3.63) is 99.8 Å². The number of nitrogens with one attached hydrogen (secondary N) is 1. The van der Waals surface area contributed by atoms with Crippen LogP contribution >= 0.6 is 11.6 Å². The summed E-state index contributed by atoms with van der Waals surface area (Å²) in [7, 11) is -3.51. The van der Waals surface area contributed by atoms with Crippen molar-refractivity contribution in [2.75, 3.05) is 39.1 Å². The molecule has 16 heteroatoms. The molecular weight excluding hydrogens is 778 g/mol. The van der Waals surface area contributed by atoms with Gasteiger partial charge in [0.2, 0.25) is 0 Å². The number of nitrogens with zero attached hydrogens (tertiary/aromatic N) is 2. The lowest BCUT2D eigenvalue weighted by Crippen LogP contribution is -2.52. The third-order valence-electron chi connectivity index (χ3n) is 10.1. The first-order chi connectivity index (χ1) is 27.0. The van der Waals surface area contributed by atoms with E-state index < -0.39 is 45.9 Å². The minimum absolute atomic E-state index is 0.0339. The van der Waals surface area contributed by atoms with Crippen molar-refractivity contribution in [2.24, 2.45) is 5.92 Å². The van der Waals surface area contributed by atoms with E-state index in [1.807, 2.05) is 55.1 Å². The van der Waals surface area contributed by atoms with E-state index in [0.29, 0.717) is 49.5 Å². The number of pyridine rings is 1. The van der Waals surface area contributed by atoms with Crippen molar-refractivity contribution in [3.63, 3.8) is 0 Å². The number of carboxylic acids is 2. The predicted molar refractivity (Wildman–Crippen MR) is 212 cm³/mol. The van der Waals surface area contributed by atoms with Crippen molar-refractivity contribution in [1.82, 2.24) is 15.2 Å². The van der Waals surface area contributed by atoms with E-state index in [-0.39, 0.29) is 35.4 Å². The summed E-state index contributed by atoms with van der Waals surface area (Å²) < 4.78 is 42.8. The maximum absolute atomic E-state index is 12.1. The fourth-order valence-electron chi connectivity index (χ4n) is 6.47. The van der Waals surface area contributed by atoms with Gasteiger partial charge in [-0.2, -0.15) is 0 Å². The molecule has 0 radical (unpaired) electrons. The number of β-amino-alcohol motifs (C(OH)–C–C–N with tert-alkyl or cyclic N) is 1. The molecule has 14 nitrogen and oxygen atoms in total. The monoisotopic (exact) mass is 825 g/mol. The van der Waals surface area contributed by atoms with Crippen LogP contribution in [0.1, 0.15) is 41.2 Å². The predicted octanol–water partition coefficient (Wildman–Crippen LogP) is 4.65. The summed E-state index contributed by atoms with van der Waals surface area (Å²) >= 11 is 6.72. The molecule has 0 saturated carbocycles. The minimum atomic E-state index is -3.51. The maximum atomic E-state index is 12.1. The fraction of sp³-hybridized carbons (Fsp3) is 0.390. The highest BCUT2D eigenvalue weighted by atomic mass is 35.5. The van der Waals surface area contributed by atoms with Gasteiger partial charge in [0.1, 0.15) is 36.0 Å². The Morgan fingerprint density at radius 2 is 1.63 bits per heavy atom. The molecule has 4 aromatic rings. The zero-order chi connectivity index (χ0) is 41.5. The van der Waals surface area contributed by atoms with E-state index in [0.717, 1.165) is 39.8 Å². The molecule has 3 atom stereocenters. The van der Waals surface area contributed by atoms with Crippen LogP contribution in [0, 0.1) is 19.8 Å². The highest BCUT2D eigenvalue weighted by Crippen LogP contribution is 2.36.